The van der Waals surface area contributed by atoms with Crippen LogP contribution in [0.25, 0.3) is 0 Å². The third kappa shape index (κ3) is 7.69. The van der Waals surface area contributed by atoms with Crippen molar-refractivity contribution in [3.63, 3.8) is 0 Å². The third-order valence-electron chi connectivity index (χ3n) is 5.51. The number of halogens is 1. The Hall–Kier alpha value is -2.28. The van der Waals surface area contributed by atoms with Gasteiger partial charge < -0.3 is 19.9 Å². The monoisotopic (exact) mass is 460 g/mol. The fourth-order valence-corrected chi connectivity index (χ4v) is 4.04. The molecular weight excluding hydrogens is 428 g/mol. The highest BCUT2D eigenvalue weighted by Gasteiger charge is 2.34. The summed E-state index contributed by atoms with van der Waals surface area (Å²) in [6, 6.07) is 13.7. The van der Waals surface area contributed by atoms with Gasteiger partial charge in [0.1, 0.15) is 23.7 Å². The van der Waals surface area contributed by atoms with E-state index in [4.69, 9.17) is 21.1 Å². The number of β-amino-alcohol motifs (C(OH)–C–C–N with tert-alkyl or cyclic N) is 1. The molecule has 1 aliphatic rings. The van der Waals surface area contributed by atoms with Gasteiger partial charge in [0.2, 0.25) is 5.91 Å². The minimum atomic E-state index is -0.901. The number of hydrogen-bond donors (Lipinski definition) is 2. The van der Waals surface area contributed by atoms with E-state index >= 15 is 0 Å². The first-order valence-corrected chi connectivity index (χ1v) is 11.5. The zero-order valence-electron chi connectivity index (χ0n) is 18.9. The molecule has 1 heterocycles. The fourth-order valence-electron chi connectivity index (χ4n) is 3.87. The summed E-state index contributed by atoms with van der Waals surface area (Å²) < 4.78 is 11.6. The highest BCUT2D eigenvalue weighted by molar-refractivity contribution is 6.32. The van der Waals surface area contributed by atoms with Crippen molar-refractivity contribution in [3.8, 4) is 11.5 Å². The number of hydrogen-bond acceptors (Lipinski definition) is 5. The fraction of sp³-hybridized carbons (Fsp3) is 0.480. The van der Waals surface area contributed by atoms with Crippen molar-refractivity contribution in [2.75, 3.05) is 32.8 Å². The zero-order chi connectivity index (χ0) is 23.0. The van der Waals surface area contributed by atoms with Gasteiger partial charge >= 0.3 is 0 Å². The number of piperidine rings is 1. The van der Waals surface area contributed by atoms with E-state index in [2.05, 4.69) is 22.3 Å². The van der Waals surface area contributed by atoms with Gasteiger partial charge in [-0.05, 0) is 68.1 Å². The number of ether oxygens (including phenoxy) is 2. The predicted octanol–water partition coefficient (Wildman–Crippen LogP) is 3.96. The summed E-state index contributed by atoms with van der Waals surface area (Å²) in [5.74, 6) is 1.41. The number of carbonyl (C=O) groups excluding carboxylic acids is 1. The van der Waals surface area contributed by atoms with Crippen LogP contribution in [0.4, 0.5) is 0 Å². The molecule has 1 saturated heterocycles. The van der Waals surface area contributed by atoms with Crippen LogP contribution in [0.2, 0.25) is 5.02 Å². The van der Waals surface area contributed by atoms with Crippen LogP contribution in [0.5, 0.6) is 11.5 Å². The van der Waals surface area contributed by atoms with Crippen LogP contribution in [0.3, 0.4) is 0 Å². The number of nitrogens with zero attached hydrogens (tertiary/aromatic N) is 1. The lowest BCUT2D eigenvalue weighted by Crippen LogP contribution is -2.51. The zero-order valence-corrected chi connectivity index (χ0v) is 19.7. The van der Waals surface area contributed by atoms with E-state index in [0.29, 0.717) is 36.9 Å². The molecule has 7 heteroatoms. The molecule has 1 atom stereocenters. The summed E-state index contributed by atoms with van der Waals surface area (Å²) >= 11 is 6.22. The molecule has 0 bridgehead atoms. The van der Waals surface area contributed by atoms with Crippen molar-refractivity contribution in [3.05, 3.63) is 58.6 Å². The smallest absolute Gasteiger partial charge is 0.216 e. The van der Waals surface area contributed by atoms with Crippen molar-refractivity contribution >= 4 is 17.5 Å². The first-order valence-electron chi connectivity index (χ1n) is 11.1. The van der Waals surface area contributed by atoms with Crippen molar-refractivity contribution in [2.45, 2.75) is 45.3 Å². The number of aliphatic hydroxyl groups is 1. The van der Waals surface area contributed by atoms with E-state index in [-0.39, 0.29) is 12.5 Å². The van der Waals surface area contributed by atoms with Gasteiger partial charge in [0.15, 0.2) is 0 Å². The number of benzene rings is 2. The van der Waals surface area contributed by atoms with Crippen molar-refractivity contribution < 1.29 is 19.4 Å². The Kier molecular flexibility index (Phi) is 8.79. The van der Waals surface area contributed by atoms with Crippen LogP contribution in [-0.2, 0) is 11.3 Å². The quantitative estimate of drug-likeness (QED) is 0.525. The van der Waals surface area contributed by atoms with E-state index in [0.717, 1.165) is 37.2 Å². The molecule has 174 valence electrons. The minimum Gasteiger partial charge on any atom is -0.494 e. The van der Waals surface area contributed by atoms with Crippen LogP contribution in [-0.4, -0.2) is 54.4 Å². The van der Waals surface area contributed by atoms with Crippen LogP contribution >= 0.6 is 11.6 Å². The summed E-state index contributed by atoms with van der Waals surface area (Å²) in [5.41, 5.74) is 1.34. The Morgan fingerprint density at radius 1 is 1.22 bits per heavy atom. The minimum absolute atomic E-state index is 0.0236. The van der Waals surface area contributed by atoms with Crippen LogP contribution in [0.1, 0.15) is 37.3 Å². The SMILES string of the molecule is CC(=O)NCCCOc1ccc(CN2CCCC(O)(COc3cc(C)ccc3Cl)C2)cc1. The van der Waals surface area contributed by atoms with Crippen molar-refractivity contribution in [1.29, 1.82) is 0 Å². The number of aryl methyl sites for hydroxylation is 1. The van der Waals surface area contributed by atoms with Gasteiger partial charge in [0.05, 0.1) is 11.6 Å². The molecule has 0 spiro atoms. The second-order valence-corrected chi connectivity index (χ2v) is 9.00. The summed E-state index contributed by atoms with van der Waals surface area (Å²) in [5, 5.41) is 14.4. The van der Waals surface area contributed by atoms with Crippen LogP contribution in [0, 0.1) is 6.92 Å². The number of likely N-dealkylation sites (tertiary alicyclic amines) is 1. The molecule has 6 nitrogen and oxygen atoms in total. The highest BCUT2D eigenvalue weighted by Crippen LogP contribution is 2.29. The van der Waals surface area contributed by atoms with Gasteiger partial charge in [0, 0.05) is 26.6 Å². The maximum atomic E-state index is 11.1. The number of carbonyl (C=O) groups is 1. The van der Waals surface area contributed by atoms with Gasteiger partial charge in [-0.15, -0.1) is 0 Å². The first-order chi connectivity index (χ1) is 15.3. The lowest BCUT2D eigenvalue weighted by molar-refractivity contribution is -0.118. The molecule has 2 aromatic rings. The second kappa shape index (κ2) is 11.5. The Balaban J connectivity index is 1.46. The Morgan fingerprint density at radius 3 is 2.75 bits per heavy atom. The van der Waals surface area contributed by atoms with E-state index in [1.807, 2.05) is 37.3 Å². The summed E-state index contributed by atoms with van der Waals surface area (Å²) in [6.45, 7) is 7.15. The first kappa shape index (κ1) is 24.4. The van der Waals surface area contributed by atoms with Crippen molar-refractivity contribution in [2.24, 2.45) is 0 Å². The number of nitrogens with one attached hydrogen (secondary N) is 1. The molecule has 3 rings (SSSR count). The normalized spacial score (nSPS) is 18.9. The maximum absolute atomic E-state index is 11.1. The molecule has 1 amide bonds. The van der Waals surface area contributed by atoms with Crippen molar-refractivity contribution in [1.82, 2.24) is 10.2 Å². The van der Waals surface area contributed by atoms with Crippen LogP contribution < -0.4 is 14.8 Å². The third-order valence-corrected chi connectivity index (χ3v) is 5.82. The molecular formula is C25H33ClN2O4. The maximum Gasteiger partial charge on any atom is 0.216 e. The Labute approximate surface area is 195 Å². The lowest BCUT2D eigenvalue weighted by Gasteiger charge is -2.39. The highest BCUT2D eigenvalue weighted by atomic mass is 35.5. The average molecular weight is 461 g/mol. The van der Waals surface area contributed by atoms with E-state index in [1.165, 1.54) is 12.5 Å². The summed E-state index contributed by atoms with van der Waals surface area (Å²) in [7, 11) is 0. The van der Waals surface area contributed by atoms with E-state index in [1.54, 1.807) is 0 Å². The Bertz CT molecular complexity index is 890. The lowest BCUT2D eigenvalue weighted by atomic mass is 9.93. The van der Waals surface area contributed by atoms with Gasteiger partial charge in [-0.25, -0.2) is 0 Å². The molecule has 2 aromatic carbocycles. The average Bonchev–Trinajstić information content (AvgIpc) is 2.75. The predicted molar refractivity (Wildman–Crippen MR) is 126 cm³/mol. The Morgan fingerprint density at radius 2 is 2.00 bits per heavy atom. The standard InChI is InChI=1S/C25H33ClN2O4/c1-19-5-10-23(26)24(15-19)32-18-25(30)11-3-13-28(17-25)16-21-6-8-22(9-7-21)31-14-4-12-27-20(2)29/h5-10,15,30H,3-4,11-14,16-18H2,1-2H3,(H,27,29). The topological polar surface area (TPSA) is 71.0 Å². The van der Waals surface area contributed by atoms with E-state index in [9.17, 15) is 9.90 Å². The largest absolute Gasteiger partial charge is 0.494 e. The molecule has 0 saturated carbocycles. The molecule has 0 aromatic heterocycles. The van der Waals surface area contributed by atoms with E-state index < -0.39 is 5.60 Å². The molecule has 1 fully saturated rings. The molecule has 32 heavy (non-hydrogen) atoms. The number of rotatable bonds is 10. The summed E-state index contributed by atoms with van der Waals surface area (Å²) in [4.78, 5) is 13.1. The van der Waals surface area contributed by atoms with Gasteiger partial charge in [-0.1, -0.05) is 29.8 Å². The molecule has 0 radical (unpaired) electrons. The van der Waals surface area contributed by atoms with Gasteiger partial charge in [0.25, 0.3) is 0 Å². The summed E-state index contributed by atoms with van der Waals surface area (Å²) in [6.07, 6.45) is 2.39. The molecule has 2 N–H and O–H groups in total. The number of amides is 1. The van der Waals surface area contributed by atoms with Gasteiger partial charge in [-0.3, -0.25) is 9.69 Å². The molecule has 0 aliphatic carbocycles. The second-order valence-electron chi connectivity index (χ2n) is 8.59. The van der Waals surface area contributed by atoms with Gasteiger partial charge in [-0.2, -0.15) is 0 Å². The molecule has 1 aliphatic heterocycles. The molecule has 1 unspecified atom stereocenters. The van der Waals surface area contributed by atoms with Crippen LogP contribution in [0.15, 0.2) is 42.5 Å².